The summed E-state index contributed by atoms with van der Waals surface area (Å²) in [6.45, 7) is 5.83. The standard InChI is InChI=1S/C15H26N2O2/c1-11-8-13(4-6-16-11)15(18)17(14-2-3-14)9-12-5-7-19-10-12/h11-14,16H,2-10H2,1H3/t11-,12?,13-/m0/s1. The summed E-state index contributed by atoms with van der Waals surface area (Å²) in [5.41, 5.74) is 0. The molecular weight excluding hydrogens is 240 g/mol. The number of amides is 1. The maximum absolute atomic E-state index is 12.8. The zero-order valence-corrected chi connectivity index (χ0v) is 11.9. The first kappa shape index (κ1) is 13.4. The Labute approximate surface area is 115 Å². The number of hydrogen-bond donors (Lipinski definition) is 1. The predicted octanol–water partition coefficient (Wildman–Crippen LogP) is 1.40. The van der Waals surface area contributed by atoms with Gasteiger partial charge in [0.05, 0.1) is 6.61 Å². The Kier molecular flexibility index (Phi) is 4.08. The molecule has 0 bridgehead atoms. The van der Waals surface area contributed by atoms with Crippen LogP contribution in [0.25, 0.3) is 0 Å². The van der Waals surface area contributed by atoms with Crippen LogP contribution < -0.4 is 5.32 Å². The molecule has 2 aliphatic heterocycles. The van der Waals surface area contributed by atoms with Gasteiger partial charge in [0, 0.05) is 37.1 Å². The van der Waals surface area contributed by atoms with Gasteiger partial charge in [-0.2, -0.15) is 0 Å². The van der Waals surface area contributed by atoms with Gasteiger partial charge in [-0.05, 0) is 45.6 Å². The van der Waals surface area contributed by atoms with Crippen LogP contribution in [0.4, 0.5) is 0 Å². The van der Waals surface area contributed by atoms with Crippen molar-refractivity contribution in [2.24, 2.45) is 11.8 Å². The monoisotopic (exact) mass is 266 g/mol. The van der Waals surface area contributed by atoms with E-state index in [1.165, 1.54) is 12.8 Å². The Morgan fingerprint density at radius 2 is 2.16 bits per heavy atom. The van der Waals surface area contributed by atoms with Crippen LogP contribution in [0.5, 0.6) is 0 Å². The minimum Gasteiger partial charge on any atom is -0.381 e. The summed E-state index contributed by atoms with van der Waals surface area (Å²) in [5, 5.41) is 3.43. The Balaban J connectivity index is 1.60. The zero-order chi connectivity index (χ0) is 13.2. The van der Waals surface area contributed by atoms with Gasteiger partial charge in [0.25, 0.3) is 0 Å². The minimum atomic E-state index is 0.249. The molecule has 1 unspecified atom stereocenters. The molecule has 0 radical (unpaired) electrons. The maximum atomic E-state index is 12.8. The van der Waals surface area contributed by atoms with Crippen molar-refractivity contribution in [1.82, 2.24) is 10.2 Å². The van der Waals surface area contributed by atoms with Crippen LogP contribution in [0, 0.1) is 11.8 Å². The molecule has 0 spiro atoms. The third-order valence-electron chi connectivity index (χ3n) is 4.72. The zero-order valence-electron chi connectivity index (χ0n) is 11.9. The molecular formula is C15H26N2O2. The number of hydrogen-bond acceptors (Lipinski definition) is 3. The number of carbonyl (C=O) groups is 1. The molecule has 1 aliphatic carbocycles. The molecule has 3 aliphatic rings. The first-order valence-electron chi connectivity index (χ1n) is 7.85. The van der Waals surface area contributed by atoms with Crippen LogP contribution in [-0.2, 0) is 9.53 Å². The van der Waals surface area contributed by atoms with Crippen molar-refractivity contribution in [3.63, 3.8) is 0 Å². The normalized spacial score (nSPS) is 35.3. The fourth-order valence-corrected chi connectivity index (χ4v) is 3.40. The minimum absolute atomic E-state index is 0.249. The number of nitrogens with one attached hydrogen (secondary N) is 1. The van der Waals surface area contributed by atoms with E-state index in [1.54, 1.807) is 0 Å². The van der Waals surface area contributed by atoms with E-state index in [4.69, 9.17) is 4.74 Å². The van der Waals surface area contributed by atoms with E-state index in [-0.39, 0.29) is 5.92 Å². The van der Waals surface area contributed by atoms with Gasteiger partial charge in [-0.15, -0.1) is 0 Å². The molecule has 0 aromatic rings. The van der Waals surface area contributed by atoms with E-state index in [0.29, 0.717) is 23.9 Å². The summed E-state index contributed by atoms with van der Waals surface area (Å²) < 4.78 is 5.45. The van der Waals surface area contributed by atoms with Crippen molar-refractivity contribution in [3.8, 4) is 0 Å². The number of ether oxygens (including phenoxy) is 1. The molecule has 0 aromatic carbocycles. The van der Waals surface area contributed by atoms with Crippen molar-refractivity contribution in [3.05, 3.63) is 0 Å². The van der Waals surface area contributed by atoms with Gasteiger partial charge in [0.2, 0.25) is 5.91 Å². The Morgan fingerprint density at radius 1 is 1.32 bits per heavy atom. The topological polar surface area (TPSA) is 41.6 Å². The van der Waals surface area contributed by atoms with E-state index in [0.717, 1.165) is 45.6 Å². The summed E-state index contributed by atoms with van der Waals surface area (Å²) in [5.74, 6) is 1.24. The quantitative estimate of drug-likeness (QED) is 0.836. The van der Waals surface area contributed by atoms with E-state index >= 15 is 0 Å². The average Bonchev–Trinajstić information content (AvgIpc) is 3.12. The van der Waals surface area contributed by atoms with Crippen LogP contribution in [-0.4, -0.2) is 49.2 Å². The van der Waals surface area contributed by atoms with Crippen molar-refractivity contribution < 1.29 is 9.53 Å². The first-order chi connectivity index (χ1) is 9.24. The van der Waals surface area contributed by atoms with Gasteiger partial charge < -0.3 is 15.0 Å². The van der Waals surface area contributed by atoms with Crippen molar-refractivity contribution in [2.75, 3.05) is 26.3 Å². The molecule has 19 heavy (non-hydrogen) atoms. The first-order valence-corrected chi connectivity index (χ1v) is 7.85. The smallest absolute Gasteiger partial charge is 0.226 e. The fraction of sp³-hybridized carbons (Fsp3) is 0.933. The van der Waals surface area contributed by atoms with Crippen LogP contribution in [0.3, 0.4) is 0 Å². The lowest BCUT2D eigenvalue weighted by molar-refractivity contribution is -0.138. The lowest BCUT2D eigenvalue weighted by Crippen LogP contribution is -2.46. The van der Waals surface area contributed by atoms with Gasteiger partial charge in [-0.25, -0.2) is 0 Å². The van der Waals surface area contributed by atoms with E-state index in [1.807, 2.05) is 0 Å². The SMILES string of the molecule is C[C@H]1C[C@@H](C(=O)N(CC2CCOC2)C2CC2)CCN1. The van der Waals surface area contributed by atoms with Crippen molar-refractivity contribution in [1.29, 1.82) is 0 Å². The molecule has 4 nitrogen and oxygen atoms in total. The highest BCUT2D eigenvalue weighted by Crippen LogP contribution is 2.32. The molecule has 1 amide bonds. The summed E-state index contributed by atoms with van der Waals surface area (Å²) in [7, 11) is 0. The van der Waals surface area contributed by atoms with Crippen molar-refractivity contribution in [2.45, 2.75) is 51.1 Å². The van der Waals surface area contributed by atoms with E-state index < -0.39 is 0 Å². The second-order valence-corrected chi connectivity index (χ2v) is 6.53. The van der Waals surface area contributed by atoms with Gasteiger partial charge in [-0.3, -0.25) is 4.79 Å². The van der Waals surface area contributed by atoms with Crippen LogP contribution >= 0.6 is 0 Å². The molecule has 3 fully saturated rings. The highest BCUT2D eigenvalue weighted by atomic mass is 16.5. The molecule has 0 aromatic heterocycles. The number of piperidine rings is 1. The number of carbonyl (C=O) groups excluding carboxylic acids is 1. The van der Waals surface area contributed by atoms with Crippen LogP contribution in [0.2, 0.25) is 0 Å². The molecule has 2 saturated heterocycles. The van der Waals surface area contributed by atoms with E-state index in [9.17, 15) is 4.79 Å². The Morgan fingerprint density at radius 3 is 2.79 bits per heavy atom. The molecule has 3 atom stereocenters. The molecule has 1 saturated carbocycles. The molecule has 3 rings (SSSR count). The number of rotatable bonds is 4. The second kappa shape index (κ2) is 5.80. The molecule has 2 heterocycles. The highest BCUT2D eigenvalue weighted by molar-refractivity contribution is 5.79. The summed E-state index contributed by atoms with van der Waals surface area (Å²) >= 11 is 0. The van der Waals surface area contributed by atoms with Gasteiger partial charge >= 0.3 is 0 Å². The van der Waals surface area contributed by atoms with Gasteiger partial charge in [-0.1, -0.05) is 0 Å². The lowest BCUT2D eigenvalue weighted by atomic mass is 9.91. The highest BCUT2D eigenvalue weighted by Gasteiger charge is 2.38. The third kappa shape index (κ3) is 3.29. The third-order valence-corrected chi connectivity index (χ3v) is 4.72. The summed E-state index contributed by atoms with van der Waals surface area (Å²) in [4.78, 5) is 15.0. The van der Waals surface area contributed by atoms with E-state index in [2.05, 4.69) is 17.1 Å². The molecule has 108 valence electrons. The van der Waals surface area contributed by atoms with Gasteiger partial charge in [0.15, 0.2) is 0 Å². The fourth-order valence-electron chi connectivity index (χ4n) is 3.40. The van der Waals surface area contributed by atoms with Crippen LogP contribution in [0.1, 0.15) is 39.0 Å². The van der Waals surface area contributed by atoms with Gasteiger partial charge in [0.1, 0.15) is 0 Å². The predicted molar refractivity (Wildman–Crippen MR) is 73.8 cm³/mol. The Hall–Kier alpha value is -0.610. The molecule has 4 heteroatoms. The average molecular weight is 266 g/mol. The van der Waals surface area contributed by atoms with Crippen molar-refractivity contribution >= 4 is 5.91 Å². The maximum Gasteiger partial charge on any atom is 0.226 e. The number of nitrogens with zero attached hydrogens (tertiary/aromatic N) is 1. The summed E-state index contributed by atoms with van der Waals surface area (Å²) in [6, 6.07) is 1.02. The second-order valence-electron chi connectivity index (χ2n) is 6.53. The lowest BCUT2D eigenvalue weighted by Gasteiger charge is -2.33. The Bertz CT molecular complexity index is 324. The van der Waals surface area contributed by atoms with Crippen LogP contribution in [0.15, 0.2) is 0 Å². The summed E-state index contributed by atoms with van der Waals surface area (Å²) in [6.07, 6.45) is 5.55. The molecule has 1 N–H and O–H groups in total. The largest absolute Gasteiger partial charge is 0.381 e.